The molecule has 50 valence electrons. The monoisotopic (exact) mass is 131 g/mol. The highest BCUT2D eigenvalue weighted by Crippen LogP contribution is 1.89. The summed E-state index contributed by atoms with van der Waals surface area (Å²) in [6, 6.07) is 0. The maximum Gasteiger partial charge on any atom is 0.309 e. The fourth-order valence-corrected chi connectivity index (χ4v) is 0.315. The van der Waals surface area contributed by atoms with Gasteiger partial charge in [-0.15, -0.1) is 5.27 Å². The van der Waals surface area contributed by atoms with Crippen LogP contribution >= 0.6 is 0 Å². The van der Waals surface area contributed by atoms with Gasteiger partial charge < -0.3 is 9.63 Å². The van der Waals surface area contributed by atoms with E-state index in [2.05, 4.69) is 20.1 Å². The van der Waals surface area contributed by atoms with Crippen molar-refractivity contribution in [1.82, 2.24) is 15.6 Å². The van der Waals surface area contributed by atoms with Crippen LogP contribution in [0, 0.1) is 0 Å². The quantitative estimate of drug-likeness (QED) is 0.380. The predicted octanol–water partition coefficient (Wildman–Crippen LogP) is -0.546. The van der Waals surface area contributed by atoms with Crippen LogP contribution in [0.2, 0.25) is 0 Å². The van der Waals surface area contributed by atoms with Gasteiger partial charge in [0.1, 0.15) is 0 Å². The molecule has 1 aromatic heterocycles. The Balaban J connectivity index is 3.42. The van der Waals surface area contributed by atoms with E-state index in [-0.39, 0.29) is 0 Å². The minimum absolute atomic E-state index is 0.493. The molecular formula is C3H5N3O3. The highest BCUT2D eigenvalue weighted by Gasteiger charge is 1.88. The molecule has 0 amide bonds. The van der Waals surface area contributed by atoms with Gasteiger partial charge in [0.15, 0.2) is 6.26 Å². The molecule has 0 atom stereocenters. The number of hydrogen-bond donors (Lipinski definition) is 4. The lowest BCUT2D eigenvalue weighted by Gasteiger charge is -1.72. The SMILES string of the molecule is O=c1[nH][nH][nH]occ1O. The van der Waals surface area contributed by atoms with E-state index in [1.165, 1.54) is 0 Å². The molecule has 0 aromatic carbocycles. The molecule has 0 fully saturated rings. The van der Waals surface area contributed by atoms with Crippen molar-refractivity contribution in [3.63, 3.8) is 0 Å². The van der Waals surface area contributed by atoms with Crippen molar-refractivity contribution in [2.24, 2.45) is 0 Å². The molecule has 6 heteroatoms. The first-order valence-corrected chi connectivity index (χ1v) is 2.16. The third kappa shape index (κ3) is 1.15. The molecule has 0 spiro atoms. The number of aromatic hydroxyl groups is 1. The summed E-state index contributed by atoms with van der Waals surface area (Å²) in [4.78, 5) is 10.4. The Labute approximate surface area is 48.7 Å². The van der Waals surface area contributed by atoms with Gasteiger partial charge >= 0.3 is 5.56 Å². The van der Waals surface area contributed by atoms with Crippen molar-refractivity contribution in [1.29, 1.82) is 0 Å². The zero-order valence-electron chi connectivity index (χ0n) is 4.34. The molecule has 0 aliphatic heterocycles. The van der Waals surface area contributed by atoms with E-state index in [0.717, 1.165) is 6.26 Å². The van der Waals surface area contributed by atoms with Crippen LogP contribution in [0.15, 0.2) is 15.6 Å². The van der Waals surface area contributed by atoms with Crippen molar-refractivity contribution in [3.05, 3.63) is 16.6 Å². The highest BCUT2D eigenvalue weighted by atomic mass is 16.5. The average molecular weight is 131 g/mol. The maximum atomic E-state index is 10.4. The van der Waals surface area contributed by atoms with Crippen LogP contribution in [0.4, 0.5) is 0 Å². The number of hydrogen-bond acceptors (Lipinski definition) is 3. The normalized spacial score (nSPS) is 8.89. The molecule has 0 radical (unpaired) electrons. The molecule has 1 heterocycles. The molecule has 0 saturated carbocycles. The standard InChI is InChI=1S/C3H5N3O3/c7-2-1-9-6-5-4-3(2)8/h1,5-7H,(H,4,8). The summed E-state index contributed by atoms with van der Waals surface area (Å²) >= 11 is 0. The average Bonchev–Trinajstić information content (AvgIpc) is 1.99. The zero-order valence-corrected chi connectivity index (χ0v) is 4.34. The fourth-order valence-electron chi connectivity index (χ4n) is 0.315. The van der Waals surface area contributed by atoms with Crippen molar-refractivity contribution in [2.45, 2.75) is 0 Å². The van der Waals surface area contributed by atoms with E-state index in [0.29, 0.717) is 0 Å². The first-order chi connectivity index (χ1) is 4.30. The minimum atomic E-state index is -0.653. The van der Waals surface area contributed by atoms with E-state index < -0.39 is 11.3 Å². The lowest BCUT2D eigenvalue weighted by Crippen LogP contribution is -2.01. The van der Waals surface area contributed by atoms with Gasteiger partial charge in [-0.1, -0.05) is 0 Å². The maximum absolute atomic E-state index is 10.4. The molecule has 1 aromatic rings. The Kier molecular flexibility index (Phi) is 1.31. The summed E-state index contributed by atoms with van der Waals surface area (Å²) in [5.41, 5.74) is -0.653. The topological polar surface area (TPSA) is 97.8 Å². The number of rotatable bonds is 0. The fraction of sp³-hybridized carbons (Fsp3) is 0. The summed E-state index contributed by atoms with van der Waals surface area (Å²) < 4.78 is 4.32. The molecule has 0 aliphatic carbocycles. The smallest absolute Gasteiger partial charge is 0.309 e. The largest absolute Gasteiger partial charge is 0.501 e. The molecule has 1 rings (SSSR count). The molecule has 4 N–H and O–H groups in total. The third-order valence-corrected chi connectivity index (χ3v) is 0.689. The number of nitrogens with one attached hydrogen (secondary N) is 3. The van der Waals surface area contributed by atoms with Gasteiger partial charge in [0.25, 0.3) is 0 Å². The molecule has 0 aliphatic rings. The van der Waals surface area contributed by atoms with Crippen LogP contribution in [-0.2, 0) is 0 Å². The van der Waals surface area contributed by atoms with Crippen LogP contribution in [0.1, 0.15) is 0 Å². The van der Waals surface area contributed by atoms with Crippen molar-refractivity contribution < 1.29 is 9.63 Å². The summed E-state index contributed by atoms with van der Waals surface area (Å²) in [5.74, 6) is -0.493. The van der Waals surface area contributed by atoms with E-state index in [1.807, 2.05) is 0 Å². The predicted molar refractivity (Wildman–Crippen MR) is 27.3 cm³/mol. The van der Waals surface area contributed by atoms with Gasteiger partial charge in [-0.05, 0) is 0 Å². The van der Waals surface area contributed by atoms with E-state index in [9.17, 15) is 4.79 Å². The Morgan fingerprint density at radius 2 is 2.44 bits per heavy atom. The molecule has 6 nitrogen and oxygen atoms in total. The second kappa shape index (κ2) is 2.12. The highest BCUT2D eigenvalue weighted by molar-refractivity contribution is 5.03. The molecule has 0 saturated heterocycles. The van der Waals surface area contributed by atoms with Crippen LogP contribution in [0.25, 0.3) is 0 Å². The Bertz CT molecular complexity index is 262. The second-order valence-electron chi connectivity index (χ2n) is 1.30. The number of aromatic amines is 3. The van der Waals surface area contributed by atoms with Gasteiger partial charge in [-0.2, -0.15) is 0 Å². The van der Waals surface area contributed by atoms with Crippen LogP contribution in [0.5, 0.6) is 5.75 Å². The third-order valence-electron chi connectivity index (χ3n) is 0.689. The van der Waals surface area contributed by atoms with Gasteiger partial charge in [0.2, 0.25) is 5.75 Å². The number of H-pyrrole nitrogens is 3. The first kappa shape index (κ1) is 5.54. The molecular weight excluding hydrogens is 126 g/mol. The van der Waals surface area contributed by atoms with Gasteiger partial charge in [-0.25, -0.2) is 10.3 Å². The Hall–Kier alpha value is -1.59. The van der Waals surface area contributed by atoms with E-state index in [1.54, 1.807) is 0 Å². The summed E-state index contributed by atoms with van der Waals surface area (Å²) in [7, 11) is 0. The summed E-state index contributed by atoms with van der Waals surface area (Å²) in [6.45, 7) is 0. The molecule has 9 heavy (non-hydrogen) atoms. The zero-order chi connectivity index (χ0) is 6.69. The van der Waals surface area contributed by atoms with Crippen molar-refractivity contribution >= 4 is 0 Å². The lowest BCUT2D eigenvalue weighted by atomic mass is 10.7. The van der Waals surface area contributed by atoms with E-state index in [4.69, 9.17) is 5.11 Å². The first-order valence-electron chi connectivity index (χ1n) is 2.16. The van der Waals surface area contributed by atoms with Gasteiger partial charge in [0.05, 0.1) is 0 Å². The van der Waals surface area contributed by atoms with Gasteiger partial charge in [-0.3, -0.25) is 4.79 Å². The Morgan fingerprint density at radius 1 is 1.67 bits per heavy atom. The lowest BCUT2D eigenvalue weighted by molar-refractivity contribution is 0.345. The van der Waals surface area contributed by atoms with Gasteiger partial charge in [0, 0.05) is 0 Å². The summed E-state index contributed by atoms with van der Waals surface area (Å²) in [6.07, 6.45) is 0.870. The van der Waals surface area contributed by atoms with Crippen molar-refractivity contribution in [2.75, 3.05) is 0 Å². The van der Waals surface area contributed by atoms with E-state index >= 15 is 0 Å². The van der Waals surface area contributed by atoms with Crippen LogP contribution < -0.4 is 5.56 Å². The number of aromatic nitrogens is 3. The van der Waals surface area contributed by atoms with Crippen molar-refractivity contribution in [3.8, 4) is 5.75 Å². The van der Waals surface area contributed by atoms with Crippen LogP contribution in [-0.4, -0.2) is 20.7 Å². The second-order valence-corrected chi connectivity index (χ2v) is 1.30. The minimum Gasteiger partial charge on any atom is -0.501 e. The summed E-state index contributed by atoms with van der Waals surface area (Å²) in [5, 5.41) is 14.9. The Morgan fingerprint density at radius 3 is 3.22 bits per heavy atom. The van der Waals surface area contributed by atoms with Crippen LogP contribution in [0.3, 0.4) is 0 Å². The molecule has 0 bridgehead atoms. The molecule has 0 unspecified atom stereocenters.